The molecule has 0 saturated carbocycles. The van der Waals surface area contributed by atoms with Gasteiger partial charge >= 0.3 is 0 Å². The molecule has 0 spiro atoms. The highest BCUT2D eigenvalue weighted by Crippen LogP contribution is 2.17. The van der Waals surface area contributed by atoms with E-state index in [1.807, 2.05) is 0 Å². The van der Waals surface area contributed by atoms with Crippen molar-refractivity contribution in [2.45, 2.75) is 0 Å². The van der Waals surface area contributed by atoms with Gasteiger partial charge in [-0.05, 0) is 24.3 Å². The van der Waals surface area contributed by atoms with E-state index in [-0.39, 0.29) is 11.3 Å². The van der Waals surface area contributed by atoms with Crippen LogP contribution >= 0.6 is 0 Å². The zero-order valence-corrected chi connectivity index (χ0v) is 11.9. The smallest absolute Gasteiger partial charge is 0.257 e. The third kappa shape index (κ3) is 4.46. The van der Waals surface area contributed by atoms with Crippen LogP contribution < -0.4 is 10.0 Å². The van der Waals surface area contributed by atoms with Crippen molar-refractivity contribution in [2.24, 2.45) is 0 Å². The van der Waals surface area contributed by atoms with Crippen molar-refractivity contribution >= 4 is 27.3 Å². The van der Waals surface area contributed by atoms with Gasteiger partial charge in [-0.15, -0.1) is 0 Å². The molecule has 0 aliphatic rings. The lowest BCUT2D eigenvalue weighted by atomic mass is 10.2. The molecule has 2 rings (SSSR count). The summed E-state index contributed by atoms with van der Waals surface area (Å²) in [6.07, 6.45) is 3.57. The first-order chi connectivity index (χ1) is 9.83. The summed E-state index contributed by atoms with van der Waals surface area (Å²) in [5.74, 6) is -0.579. The predicted octanol–water partition coefficient (Wildman–Crippen LogP) is 1.41. The maximum Gasteiger partial charge on any atom is 0.257 e. The van der Waals surface area contributed by atoms with Crippen molar-refractivity contribution in [3.8, 4) is 5.75 Å². The number of amides is 1. The Morgan fingerprint density at radius 1 is 1.19 bits per heavy atom. The molecule has 7 nitrogen and oxygen atoms in total. The number of aromatic nitrogens is 1. The molecule has 1 heterocycles. The zero-order chi connectivity index (χ0) is 15.5. The van der Waals surface area contributed by atoms with Gasteiger partial charge in [0.05, 0.1) is 23.7 Å². The minimum Gasteiger partial charge on any atom is -0.506 e. The van der Waals surface area contributed by atoms with Crippen LogP contribution in [0.1, 0.15) is 10.4 Å². The van der Waals surface area contributed by atoms with Crippen molar-refractivity contribution in [1.82, 2.24) is 4.98 Å². The van der Waals surface area contributed by atoms with Gasteiger partial charge in [0.1, 0.15) is 5.75 Å². The maximum absolute atomic E-state index is 12.0. The van der Waals surface area contributed by atoms with Gasteiger partial charge in [-0.2, -0.15) is 0 Å². The number of anilines is 2. The van der Waals surface area contributed by atoms with Gasteiger partial charge in [-0.3, -0.25) is 14.5 Å². The van der Waals surface area contributed by atoms with Crippen molar-refractivity contribution < 1.29 is 18.3 Å². The van der Waals surface area contributed by atoms with Crippen LogP contribution in [0.4, 0.5) is 11.4 Å². The predicted molar refractivity (Wildman–Crippen MR) is 78.8 cm³/mol. The highest BCUT2D eigenvalue weighted by atomic mass is 32.2. The molecule has 0 unspecified atom stereocenters. The number of carbonyl (C=O) groups excluding carboxylic acids is 1. The largest absolute Gasteiger partial charge is 0.506 e. The number of nitrogens with one attached hydrogen (secondary N) is 2. The standard InChI is InChI=1S/C13H13N3O4S/c1-21(19,20)16-11-4-2-3-10(6-11)15-13(18)9-5-12(17)8-14-7-9/h2-8,16-17H,1H3,(H,15,18). The Labute approximate surface area is 121 Å². The van der Waals surface area contributed by atoms with E-state index in [2.05, 4.69) is 15.0 Å². The van der Waals surface area contributed by atoms with E-state index >= 15 is 0 Å². The molecule has 0 fully saturated rings. The van der Waals surface area contributed by atoms with E-state index in [1.54, 1.807) is 18.2 Å². The molecular formula is C13H13N3O4S. The second kappa shape index (κ2) is 5.80. The Balaban J connectivity index is 2.16. The fourth-order valence-corrected chi connectivity index (χ4v) is 2.18. The Hall–Kier alpha value is -2.61. The van der Waals surface area contributed by atoms with Crippen molar-refractivity contribution in [3.05, 3.63) is 48.3 Å². The molecule has 110 valence electrons. The summed E-state index contributed by atoms with van der Waals surface area (Å²) in [6.45, 7) is 0. The third-order valence-corrected chi connectivity index (χ3v) is 3.02. The van der Waals surface area contributed by atoms with Crippen LogP contribution in [-0.2, 0) is 10.0 Å². The molecule has 0 radical (unpaired) electrons. The topological polar surface area (TPSA) is 108 Å². The first kappa shape index (κ1) is 14.8. The number of rotatable bonds is 4. The highest BCUT2D eigenvalue weighted by Gasteiger charge is 2.08. The first-order valence-electron chi connectivity index (χ1n) is 5.87. The number of nitrogens with zero attached hydrogens (tertiary/aromatic N) is 1. The third-order valence-electron chi connectivity index (χ3n) is 2.41. The fraction of sp³-hybridized carbons (Fsp3) is 0.0769. The summed E-state index contributed by atoms with van der Waals surface area (Å²) >= 11 is 0. The number of carbonyl (C=O) groups is 1. The minimum atomic E-state index is -3.39. The van der Waals surface area contributed by atoms with Crippen LogP contribution in [0.15, 0.2) is 42.7 Å². The quantitative estimate of drug-likeness (QED) is 0.791. The van der Waals surface area contributed by atoms with E-state index in [0.29, 0.717) is 11.4 Å². The Morgan fingerprint density at radius 2 is 1.90 bits per heavy atom. The number of hydrogen-bond acceptors (Lipinski definition) is 5. The second-order valence-electron chi connectivity index (χ2n) is 4.34. The van der Waals surface area contributed by atoms with Gasteiger partial charge in [0.2, 0.25) is 10.0 Å². The van der Waals surface area contributed by atoms with Crippen LogP contribution in [0.2, 0.25) is 0 Å². The van der Waals surface area contributed by atoms with Gasteiger partial charge < -0.3 is 10.4 Å². The molecule has 0 saturated heterocycles. The summed E-state index contributed by atoms with van der Waals surface area (Å²) in [7, 11) is -3.39. The Kier molecular flexibility index (Phi) is 4.08. The van der Waals surface area contributed by atoms with E-state index in [0.717, 1.165) is 6.26 Å². The summed E-state index contributed by atoms with van der Waals surface area (Å²) in [5, 5.41) is 11.9. The monoisotopic (exact) mass is 307 g/mol. The molecule has 0 atom stereocenters. The lowest BCUT2D eigenvalue weighted by Crippen LogP contribution is -2.13. The summed E-state index contributed by atoms with van der Waals surface area (Å²) < 4.78 is 24.6. The van der Waals surface area contributed by atoms with Crippen LogP contribution in [0.25, 0.3) is 0 Å². The van der Waals surface area contributed by atoms with Crippen LogP contribution in [0, 0.1) is 0 Å². The Morgan fingerprint density at radius 3 is 2.57 bits per heavy atom. The number of hydrogen-bond donors (Lipinski definition) is 3. The molecular weight excluding hydrogens is 294 g/mol. The molecule has 1 aromatic heterocycles. The van der Waals surface area contributed by atoms with E-state index in [9.17, 15) is 18.3 Å². The molecule has 1 aromatic carbocycles. The molecule has 0 bridgehead atoms. The lowest BCUT2D eigenvalue weighted by molar-refractivity contribution is 0.102. The number of sulfonamides is 1. The van der Waals surface area contributed by atoms with Crippen molar-refractivity contribution in [2.75, 3.05) is 16.3 Å². The molecule has 0 aliphatic heterocycles. The molecule has 8 heteroatoms. The van der Waals surface area contributed by atoms with E-state index < -0.39 is 15.9 Å². The Bertz CT molecular complexity index is 774. The lowest BCUT2D eigenvalue weighted by Gasteiger charge is -2.08. The van der Waals surface area contributed by atoms with Crippen LogP contribution in [0.5, 0.6) is 5.75 Å². The SMILES string of the molecule is CS(=O)(=O)Nc1cccc(NC(=O)c2cncc(O)c2)c1. The average molecular weight is 307 g/mol. The van der Waals surface area contributed by atoms with Crippen LogP contribution in [-0.4, -0.2) is 30.7 Å². The second-order valence-corrected chi connectivity index (χ2v) is 6.09. The number of aromatic hydroxyl groups is 1. The van der Waals surface area contributed by atoms with Crippen molar-refractivity contribution in [3.63, 3.8) is 0 Å². The minimum absolute atomic E-state index is 0.116. The van der Waals surface area contributed by atoms with Gasteiger partial charge in [0, 0.05) is 11.9 Å². The molecule has 21 heavy (non-hydrogen) atoms. The fourth-order valence-electron chi connectivity index (χ4n) is 1.63. The highest BCUT2D eigenvalue weighted by molar-refractivity contribution is 7.92. The summed E-state index contributed by atoms with van der Waals surface area (Å²) in [6, 6.07) is 7.54. The zero-order valence-electron chi connectivity index (χ0n) is 11.1. The van der Waals surface area contributed by atoms with Crippen molar-refractivity contribution in [1.29, 1.82) is 0 Å². The summed E-state index contributed by atoms with van der Waals surface area (Å²) in [4.78, 5) is 15.7. The number of pyridine rings is 1. The van der Waals surface area contributed by atoms with E-state index in [1.165, 1.54) is 24.5 Å². The molecule has 2 aromatic rings. The van der Waals surface area contributed by atoms with E-state index in [4.69, 9.17) is 0 Å². The van der Waals surface area contributed by atoms with Gasteiger partial charge in [0.25, 0.3) is 5.91 Å². The average Bonchev–Trinajstić information content (AvgIpc) is 2.37. The molecule has 1 amide bonds. The van der Waals surface area contributed by atoms with Crippen LogP contribution in [0.3, 0.4) is 0 Å². The molecule has 3 N–H and O–H groups in total. The number of benzene rings is 1. The molecule has 0 aliphatic carbocycles. The van der Waals surface area contributed by atoms with Gasteiger partial charge in [-0.25, -0.2) is 8.42 Å². The van der Waals surface area contributed by atoms with Gasteiger partial charge in [0.15, 0.2) is 0 Å². The first-order valence-corrected chi connectivity index (χ1v) is 7.76. The summed E-state index contributed by atoms with van der Waals surface area (Å²) in [5.41, 5.74) is 0.942. The maximum atomic E-state index is 12.0. The normalized spacial score (nSPS) is 10.9. The van der Waals surface area contributed by atoms with Gasteiger partial charge in [-0.1, -0.05) is 6.07 Å².